The highest BCUT2D eigenvalue weighted by Gasteiger charge is 2.34. The number of aryl methyl sites for hydroxylation is 1. The molecule has 2 nitrogen and oxygen atoms in total. The van der Waals surface area contributed by atoms with E-state index in [9.17, 15) is 0 Å². The summed E-state index contributed by atoms with van der Waals surface area (Å²) in [5.74, 6) is 0. The largest absolute Gasteiger partial charge is 0.377 e. The van der Waals surface area contributed by atoms with Gasteiger partial charge in [0, 0.05) is 23.5 Å². The molecule has 4 aromatic rings. The summed E-state index contributed by atoms with van der Waals surface area (Å²) in [5, 5.41) is 3.88. The maximum atomic E-state index is 4.73. The Bertz CT molecular complexity index is 1450. The van der Waals surface area contributed by atoms with Crippen LogP contribution in [-0.4, -0.2) is 4.98 Å². The molecule has 0 aliphatic carbocycles. The maximum absolute atomic E-state index is 4.73. The second-order valence-corrected chi connectivity index (χ2v) is 9.30. The molecule has 1 unspecified atom stereocenters. The average Bonchev–Trinajstić information content (AvgIpc) is 2.93. The average molecular weight is 455 g/mol. The molecular weight excluding hydrogens is 424 g/mol. The van der Waals surface area contributed by atoms with E-state index in [1.54, 1.807) is 0 Å². The van der Waals surface area contributed by atoms with E-state index in [0.29, 0.717) is 0 Å². The number of aromatic nitrogens is 1. The molecule has 1 atom stereocenters. The van der Waals surface area contributed by atoms with Gasteiger partial charge in [0.25, 0.3) is 0 Å². The van der Waals surface area contributed by atoms with Crippen molar-refractivity contribution in [2.75, 3.05) is 0 Å². The number of rotatable bonds is 3. The zero-order chi connectivity index (χ0) is 24.4. The Hall–Kier alpha value is -4.17. The SMILES string of the molecule is C=C1/C=C(C)\C(c2ccccc2)=C/NC(C)(c2cccc(C)c2-c2ccccn2)c2ccccc21. The zero-order valence-corrected chi connectivity index (χ0v) is 20.5. The van der Waals surface area contributed by atoms with Crippen molar-refractivity contribution in [2.24, 2.45) is 0 Å². The molecule has 1 aromatic heterocycles. The predicted molar refractivity (Wildman–Crippen MR) is 148 cm³/mol. The van der Waals surface area contributed by atoms with E-state index in [1.165, 1.54) is 27.8 Å². The first-order valence-electron chi connectivity index (χ1n) is 12.0. The molecule has 0 saturated heterocycles. The Morgan fingerprint density at radius 1 is 0.771 bits per heavy atom. The van der Waals surface area contributed by atoms with E-state index < -0.39 is 5.54 Å². The van der Waals surface area contributed by atoms with Gasteiger partial charge in [-0.05, 0) is 71.9 Å². The van der Waals surface area contributed by atoms with E-state index in [0.717, 1.165) is 28.0 Å². The van der Waals surface area contributed by atoms with Crippen LogP contribution >= 0.6 is 0 Å². The maximum Gasteiger partial charge on any atom is 0.0859 e. The topological polar surface area (TPSA) is 24.9 Å². The lowest BCUT2D eigenvalue weighted by Gasteiger charge is -2.35. The number of hydrogen-bond donors (Lipinski definition) is 1. The minimum atomic E-state index is -0.531. The van der Waals surface area contributed by atoms with Gasteiger partial charge in [0.05, 0.1) is 11.2 Å². The van der Waals surface area contributed by atoms with Gasteiger partial charge in [0.2, 0.25) is 0 Å². The Morgan fingerprint density at radius 2 is 1.49 bits per heavy atom. The molecule has 5 rings (SSSR count). The van der Waals surface area contributed by atoms with E-state index in [2.05, 4.69) is 124 Å². The van der Waals surface area contributed by atoms with Gasteiger partial charge in [-0.15, -0.1) is 0 Å². The standard InChI is InChI=1S/C33H30N2/c1-23-13-12-18-30(32(23)31-19-10-11-20-34-31)33(4)29-17-9-8-16-27(29)24(2)21-25(3)28(22-35-33)26-14-6-5-7-15-26/h5-22,35H,2H2,1,3-4H3/b25-21-,28-22+. The molecule has 35 heavy (non-hydrogen) atoms. The smallest absolute Gasteiger partial charge is 0.0859 e. The van der Waals surface area contributed by atoms with Crippen molar-refractivity contribution in [1.29, 1.82) is 0 Å². The second-order valence-electron chi connectivity index (χ2n) is 9.30. The van der Waals surface area contributed by atoms with Crippen molar-refractivity contribution in [1.82, 2.24) is 10.3 Å². The zero-order valence-electron chi connectivity index (χ0n) is 20.5. The number of benzene rings is 3. The van der Waals surface area contributed by atoms with Gasteiger partial charge < -0.3 is 5.32 Å². The third-order valence-electron chi connectivity index (χ3n) is 6.95. The molecule has 0 bridgehead atoms. The van der Waals surface area contributed by atoms with Crippen LogP contribution in [0.3, 0.4) is 0 Å². The fraction of sp³-hybridized carbons (Fsp3) is 0.121. The van der Waals surface area contributed by atoms with Crippen LogP contribution in [0.1, 0.15) is 41.7 Å². The fourth-order valence-electron chi connectivity index (χ4n) is 5.11. The van der Waals surface area contributed by atoms with E-state index in [1.807, 2.05) is 18.3 Å². The molecule has 0 saturated carbocycles. The molecule has 172 valence electrons. The van der Waals surface area contributed by atoms with Crippen LogP contribution in [0.15, 0.2) is 122 Å². The minimum Gasteiger partial charge on any atom is -0.377 e. The first-order chi connectivity index (χ1) is 17.0. The first-order valence-corrected chi connectivity index (χ1v) is 12.0. The first kappa shape index (κ1) is 22.6. The number of nitrogens with zero attached hydrogens (tertiary/aromatic N) is 1. The molecule has 3 aromatic carbocycles. The van der Waals surface area contributed by atoms with Crippen molar-refractivity contribution in [3.63, 3.8) is 0 Å². The molecule has 1 aliphatic heterocycles. The minimum absolute atomic E-state index is 0.531. The van der Waals surface area contributed by atoms with Gasteiger partial charge in [-0.3, -0.25) is 4.98 Å². The summed E-state index contributed by atoms with van der Waals surface area (Å²) in [6.07, 6.45) is 6.23. The lowest BCUT2D eigenvalue weighted by molar-refractivity contribution is 0.509. The highest BCUT2D eigenvalue weighted by molar-refractivity contribution is 5.86. The van der Waals surface area contributed by atoms with Crippen molar-refractivity contribution < 1.29 is 0 Å². The van der Waals surface area contributed by atoms with Crippen LogP contribution in [0.5, 0.6) is 0 Å². The summed E-state index contributed by atoms with van der Waals surface area (Å²) in [5.41, 5.74) is 10.8. The van der Waals surface area contributed by atoms with Crippen molar-refractivity contribution in [3.8, 4) is 11.3 Å². The van der Waals surface area contributed by atoms with Gasteiger partial charge in [0.1, 0.15) is 0 Å². The van der Waals surface area contributed by atoms with Crippen molar-refractivity contribution >= 4 is 11.1 Å². The van der Waals surface area contributed by atoms with Crippen LogP contribution in [0.4, 0.5) is 0 Å². The second kappa shape index (κ2) is 9.23. The molecule has 1 N–H and O–H groups in total. The summed E-state index contributed by atoms with van der Waals surface area (Å²) in [7, 11) is 0. The van der Waals surface area contributed by atoms with Crippen LogP contribution in [-0.2, 0) is 5.54 Å². The van der Waals surface area contributed by atoms with Crippen LogP contribution < -0.4 is 5.32 Å². The molecule has 1 aliphatic rings. The molecule has 2 heterocycles. The van der Waals surface area contributed by atoms with Gasteiger partial charge in [0.15, 0.2) is 0 Å². The molecule has 0 fully saturated rings. The van der Waals surface area contributed by atoms with Crippen molar-refractivity contribution in [3.05, 3.63) is 149 Å². The molecule has 0 spiro atoms. The highest BCUT2D eigenvalue weighted by atomic mass is 15.0. The van der Waals surface area contributed by atoms with Crippen LogP contribution in [0.2, 0.25) is 0 Å². The van der Waals surface area contributed by atoms with E-state index >= 15 is 0 Å². The fourth-order valence-corrected chi connectivity index (χ4v) is 5.11. The monoisotopic (exact) mass is 454 g/mol. The quantitative estimate of drug-likeness (QED) is 0.340. The molecule has 0 radical (unpaired) electrons. The summed E-state index contributed by atoms with van der Waals surface area (Å²) < 4.78 is 0. The van der Waals surface area contributed by atoms with Gasteiger partial charge in [-0.1, -0.05) is 91.5 Å². The van der Waals surface area contributed by atoms with Crippen LogP contribution in [0, 0.1) is 6.92 Å². The number of allylic oxidation sites excluding steroid dienone is 4. The highest BCUT2D eigenvalue weighted by Crippen LogP contribution is 2.42. The molecular formula is C33H30N2. The predicted octanol–water partition coefficient (Wildman–Crippen LogP) is 7.92. The molecule has 2 heteroatoms. The number of nitrogens with one attached hydrogen (secondary N) is 1. The Morgan fingerprint density at radius 3 is 2.26 bits per heavy atom. The Balaban J connectivity index is 1.81. The van der Waals surface area contributed by atoms with E-state index in [-0.39, 0.29) is 0 Å². The van der Waals surface area contributed by atoms with Gasteiger partial charge in [-0.25, -0.2) is 0 Å². The van der Waals surface area contributed by atoms with E-state index in [4.69, 9.17) is 4.98 Å². The summed E-state index contributed by atoms with van der Waals surface area (Å²) in [6, 6.07) is 31.7. The number of pyridine rings is 1. The van der Waals surface area contributed by atoms with Crippen molar-refractivity contribution in [2.45, 2.75) is 26.3 Å². The normalized spacial score (nSPS) is 20.7. The van der Waals surface area contributed by atoms with Gasteiger partial charge >= 0.3 is 0 Å². The summed E-state index contributed by atoms with van der Waals surface area (Å²) in [4.78, 5) is 4.73. The number of hydrogen-bond acceptors (Lipinski definition) is 2. The summed E-state index contributed by atoms with van der Waals surface area (Å²) in [6.45, 7) is 11.1. The third-order valence-corrected chi connectivity index (χ3v) is 6.95. The lowest BCUT2D eigenvalue weighted by Crippen LogP contribution is -2.39. The number of fused-ring (bicyclic) bond motifs is 1. The Kier molecular flexibility index (Phi) is 5.96. The summed E-state index contributed by atoms with van der Waals surface area (Å²) >= 11 is 0. The Labute approximate surface area is 208 Å². The van der Waals surface area contributed by atoms with Gasteiger partial charge in [-0.2, -0.15) is 0 Å². The lowest BCUT2D eigenvalue weighted by atomic mass is 9.77. The molecule has 0 amide bonds. The van der Waals surface area contributed by atoms with Crippen LogP contribution in [0.25, 0.3) is 22.4 Å². The third kappa shape index (κ3) is 4.13.